The first-order valence-corrected chi connectivity index (χ1v) is 10.1. The van der Waals surface area contributed by atoms with Crippen LogP contribution in [0.15, 0.2) is 65.7 Å². The van der Waals surface area contributed by atoms with E-state index in [0.29, 0.717) is 17.8 Å². The van der Waals surface area contributed by atoms with E-state index in [1.54, 1.807) is 24.9 Å². The monoisotopic (exact) mass is 415 g/mol. The van der Waals surface area contributed by atoms with E-state index in [2.05, 4.69) is 25.2 Å². The molecule has 1 amide bonds. The number of fused-ring (bicyclic) bond motifs is 1. The van der Waals surface area contributed by atoms with Crippen molar-refractivity contribution in [2.24, 2.45) is 0 Å². The molecule has 4 aromatic rings. The molecule has 1 aliphatic rings. The van der Waals surface area contributed by atoms with Gasteiger partial charge in [0.2, 0.25) is 0 Å². The summed E-state index contributed by atoms with van der Waals surface area (Å²) >= 11 is 0. The molecule has 1 atom stereocenters. The molecule has 0 radical (unpaired) electrons. The van der Waals surface area contributed by atoms with E-state index in [4.69, 9.17) is 9.52 Å². The molecule has 0 saturated carbocycles. The fourth-order valence-corrected chi connectivity index (χ4v) is 3.85. The van der Waals surface area contributed by atoms with Crippen LogP contribution in [0.1, 0.15) is 22.5 Å². The number of carbonyl (C=O) groups excluding carboxylic acids is 1. The van der Waals surface area contributed by atoms with Gasteiger partial charge in [-0.05, 0) is 30.7 Å². The number of benzene rings is 1. The van der Waals surface area contributed by atoms with Gasteiger partial charge in [-0.25, -0.2) is 4.98 Å². The van der Waals surface area contributed by atoms with E-state index < -0.39 is 0 Å². The molecule has 3 aromatic heterocycles. The molecule has 1 aromatic carbocycles. The second-order valence-corrected chi connectivity index (χ2v) is 7.50. The predicted octanol–water partition coefficient (Wildman–Crippen LogP) is 2.79. The number of rotatable bonds is 5. The number of furan rings is 1. The van der Waals surface area contributed by atoms with Crippen molar-refractivity contribution in [3.63, 3.8) is 0 Å². The van der Waals surface area contributed by atoms with E-state index in [9.17, 15) is 4.79 Å². The number of nitrogens with one attached hydrogen (secondary N) is 1. The number of aromatic nitrogens is 3. The molecule has 0 aliphatic carbocycles. The summed E-state index contributed by atoms with van der Waals surface area (Å²) < 4.78 is 5.44. The molecule has 4 heterocycles. The highest BCUT2D eigenvalue weighted by Gasteiger charge is 2.25. The zero-order valence-electron chi connectivity index (χ0n) is 16.7. The van der Waals surface area contributed by atoms with Crippen molar-refractivity contribution < 1.29 is 14.3 Å². The molecule has 1 saturated heterocycles. The number of hydrogen-bond donors (Lipinski definition) is 2. The quantitative estimate of drug-likeness (QED) is 0.516. The van der Waals surface area contributed by atoms with Crippen molar-refractivity contribution in [3.05, 3.63) is 72.5 Å². The maximum absolute atomic E-state index is 12.7. The SMILES string of the molecule is O=C(N[C@H]1CCN(c2cnc(CO)cn2)C1)c1ccc(-c2nccc3occc23)cc1. The highest BCUT2D eigenvalue weighted by Crippen LogP contribution is 2.27. The highest BCUT2D eigenvalue weighted by atomic mass is 16.3. The zero-order chi connectivity index (χ0) is 21.2. The first kappa shape index (κ1) is 19.2. The first-order chi connectivity index (χ1) is 15.2. The predicted molar refractivity (Wildman–Crippen MR) is 115 cm³/mol. The summed E-state index contributed by atoms with van der Waals surface area (Å²) in [5, 5.41) is 13.1. The van der Waals surface area contributed by atoms with E-state index in [1.807, 2.05) is 36.4 Å². The fraction of sp³-hybridized carbons (Fsp3) is 0.217. The third-order valence-corrected chi connectivity index (χ3v) is 5.50. The Balaban J connectivity index is 1.24. The lowest BCUT2D eigenvalue weighted by Crippen LogP contribution is -2.37. The first-order valence-electron chi connectivity index (χ1n) is 10.1. The minimum Gasteiger partial charge on any atom is -0.464 e. The van der Waals surface area contributed by atoms with Crippen LogP contribution >= 0.6 is 0 Å². The summed E-state index contributed by atoms with van der Waals surface area (Å²) in [6.07, 6.45) is 7.43. The van der Waals surface area contributed by atoms with Crippen molar-refractivity contribution in [2.45, 2.75) is 19.1 Å². The standard InChI is InChI=1S/C23H21N5O3/c29-14-18-11-26-21(12-25-18)28-9-6-17(13-28)27-23(30)16-3-1-15(2-4-16)22-19-7-10-31-20(19)5-8-24-22/h1-5,7-8,10-12,17,29H,6,9,13-14H2,(H,27,30)/t17-/m0/s1. The van der Waals surface area contributed by atoms with Gasteiger partial charge in [0, 0.05) is 41.8 Å². The van der Waals surface area contributed by atoms with Crippen molar-refractivity contribution in [1.29, 1.82) is 0 Å². The highest BCUT2D eigenvalue weighted by molar-refractivity contribution is 5.96. The molecule has 0 unspecified atom stereocenters. The third-order valence-electron chi connectivity index (χ3n) is 5.50. The van der Waals surface area contributed by atoms with Gasteiger partial charge in [0.05, 0.1) is 36.7 Å². The van der Waals surface area contributed by atoms with Gasteiger partial charge < -0.3 is 19.7 Å². The summed E-state index contributed by atoms with van der Waals surface area (Å²) in [7, 11) is 0. The maximum Gasteiger partial charge on any atom is 0.251 e. The van der Waals surface area contributed by atoms with Crippen molar-refractivity contribution in [2.75, 3.05) is 18.0 Å². The van der Waals surface area contributed by atoms with E-state index in [0.717, 1.165) is 41.0 Å². The average molecular weight is 415 g/mol. The molecule has 1 fully saturated rings. The zero-order valence-corrected chi connectivity index (χ0v) is 16.7. The molecule has 156 valence electrons. The number of aliphatic hydroxyl groups is 1. The number of pyridine rings is 1. The number of anilines is 1. The van der Waals surface area contributed by atoms with Crippen molar-refractivity contribution in [3.8, 4) is 11.3 Å². The number of hydrogen-bond acceptors (Lipinski definition) is 7. The minimum atomic E-state index is -0.127. The van der Waals surface area contributed by atoms with Crippen LogP contribution in [0.3, 0.4) is 0 Å². The van der Waals surface area contributed by atoms with Crippen LogP contribution in [-0.2, 0) is 6.61 Å². The Morgan fingerprint density at radius 1 is 1.13 bits per heavy atom. The summed E-state index contributed by atoms with van der Waals surface area (Å²) in [5.41, 5.74) is 3.69. The number of amides is 1. The largest absolute Gasteiger partial charge is 0.464 e. The Kier molecular flexibility index (Phi) is 5.05. The molecule has 1 aliphatic heterocycles. The van der Waals surface area contributed by atoms with Gasteiger partial charge in [0.1, 0.15) is 11.4 Å². The number of carbonyl (C=O) groups is 1. The lowest BCUT2D eigenvalue weighted by Gasteiger charge is -2.17. The third kappa shape index (κ3) is 3.85. The molecule has 2 N–H and O–H groups in total. The van der Waals surface area contributed by atoms with Crippen LogP contribution in [-0.4, -0.2) is 45.1 Å². The van der Waals surface area contributed by atoms with Crippen LogP contribution in [0, 0.1) is 0 Å². The van der Waals surface area contributed by atoms with E-state index in [-0.39, 0.29) is 18.6 Å². The Morgan fingerprint density at radius 2 is 2.00 bits per heavy atom. The van der Waals surface area contributed by atoms with E-state index >= 15 is 0 Å². The van der Waals surface area contributed by atoms with Crippen molar-refractivity contribution >= 4 is 22.7 Å². The Labute approximate surface area is 178 Å². The van der Waals surface area contributed by atoms with Gasteiger partial charge in [-0.3, -0.25) is 14.8 Å². The smallest absolute Gasteiger partial charge is 0.251 e. The number of nitrogens with zero attached hydrogens (tertiary/aromatic N) is 4. The molecule has 0 spiro atoms. The van der Waals surface area contributed by atoms with Crippen LogP contribution in [0.25, 0.3) is 22.2 Å². The maximum atomic E-state index is 12.7. The van der Waals surface area contributed by atoms with Gasteiger partial charge in [-0.1, -0.05) is 12.1 Å². The average Bonchev–Trinajstić information content (AvgIpc) is 3.49. The molecule has 8 heteroatoms. The van der Waals surface area contributed by atoms with Gasteiger partial charge in [-0.2, -0.15) is 0 Å². The molecule has 8 nitrogen and oxygen atoms in total. The van der Waals surface area contributed by atoms with Gasteiger partial charge in [0.15, 0.2) is 0 Å². The van der Waals surface area contributed by atoms with Crippen LogP contribution < -0.4 is 10.2 Å². The Morgan fingerprint density at radius 3 is 2.77 bits per heavy atom. The van der Waals surface area contributed by atoms with Gasteiger partial charge in [-0.15, -0.1) is 0 Å². The summed E-state index contributed by atoms with van der Waals surface area (Å²) in [6.45, 7) is 1.33. The lowest BCUT2D eigenvalue weighted by molar-refractivity contribution is 0.0940. The van der Waals surface area contributed by atoms with Gasteiger partial charge in [0.25, 0.3) is 5.91 Å². The van der Waals surface area contributed by atoms with Crippen LogP contribution in [0.5, 0.6) is 0 Å². The Hall–Kier alpha value is -3.78. The number of aliphatic hydroxyl groups excluding tert-OH is 1. The summed E-state index contributed by atoms with van der Waals surface area (Å²) in [5.74, 6) is 0.647. The van der Waals surface area contributed by atoms with Crippen LogP contribution in [0.4, 0.5) is 5.82 Å². The topological polar surface area (TPSA) is 104 Å². The van der Waals surface area contributed by atoms with Crippen LogP contribution in [0.2, 0.25) is 0 Å². The molecular formula is C23H21N5O3. The second kappa shape index (κ2) is 8.16. The normalized spacial score (nSPS) is 16.0. The summed E-state index contributed by atoms with van der Waals surface area (Å²) in [4.78, 5) is 27.8. The lowest BCUT2D eigenvalue weighted by atomic mass is 10.1. The molecule has 5 rings (SSSR count). The fourth-order valence-electron chi connectivity index (χ4n) is 3.85. The molecule has 0 bridgehead atoms. The van der Waals surface area contributed by atoms with Crippen molar-refractivity contribution in [1.82, 2.24) is 20.3 Å². The molecule has 31 heavy (non-hydrogen) atoms. The minimum absolute atomic E-state index is 0.0350. The molecular weight excluding hydrogens is 394 g/mol. The summed E-state index contributed by atoms with van der Waals surface area (Å²) in [6, 6.07) is 11.2. The van der Waals surface area contributed by atoms with E-state index in [1.165, 1.54) is 0 Å². The second-order valence-electron chi connectivity index (χ2n) is 7.50. The van der Waals surface area contributed by atoms with Gasteiger partial charge >= 0.3 is 0 Å². The Bertz CT molecular complexity index is 1200.